The zero-order valence-corrected chi connectivity index (χ0v) is 19.0. The van der Waals surface area contributed by atoms with Gasteiger partial charge in [0, 0.05) is 18.8 Å². The number of carbonyl (C=O) groups is 1. The maximum Gasteiger partial charge on any atom is 0.247 e. The van der Waals surface area contributed by atoms with Crippen LogP contribution in [-0.4, -0.2) is 46.6 Å². The van der Waals surface area contributed by atoms with Crippen LogP contribution in [0.15, 0.2) is 18.3 Å². The number of rotatable bonds is 7. The van der Waals surface area contributed by atoms with Crippen LogP contribution in [0.25, 0.3) is 0 Å². The van der Waals surface area contributed by atoms with Crippen molar-refractivity contribution in [2.24, 2.45) is 11.8 Å². The minimum Gasteiger partial charge on any atom is -0.492 e. The van der Waals surface area contributed by atoms with Crippen LogP contribution < -0.4 is 20.3 Å². The molecule has 1 saturated carbocycles. The van der Waals surface area contributed by atoms with Crippen molar-refractivity contribution >= 4 is 23.4 Å². The number of aromatic nitrogens is 3. The largest absolute Gasteiger partial charge is 0.492 e. The lowest BCUT2D eigenvalue weighted by molar-refractivity contribution is -0.118. The minimum atomic E-state index is -0.230. The zero-order valence-electron chi connectivity index (χ0n) is 19.0. The second-order valence-electron chi connectivity index (χ2n) is 9.07. The number of anilines is 3. The maximum atomic E-state index is 12.5. The minimum absolute atomic E-state index is 0.00267. The highest BCUT2D eigenvalue weighted by atomic mass is 16.5. The molecule has 1 fully saturated rings. The van der Waals surface area contributed by atoms with Gasteiger partial charge in [-0.05, 0) is 57.1 Å². The Hall–Kier alpha value is -2.90. The first-order valence-corrected chi connectivity index (χ1v) is 11.1. The maximum absolute atomic E-state index is 12.5. The van der Waals surface area contributed by atoms with E-state index in [9.17, 15) is 4.79 Å². The molecule has 0 bridgehead atoms. The molecule has 3 heterocycles. The highest BCUT2D eigenvalue weighted by Gasteiger charge is 2.36. The fraction of sp³-hybridized carbons (Fsp3) is 0.565. The van der Waals surface area contributed by atoms with Gasteiger partial charge < -0.3 is 20.3 Å². The van der Waals surface area contributed by atoms with E-state index >= 15 is 0 Å². The van der Waals surface area contributed by atoms with Crippen LogP contribution >= 0.6 is 0 Å². The molecule has 2 aliphatic rings. The fourth-order valence-corrected chi connectivity index (χ4v) is 4.43. The van der Waals surface area contributed by atoms with Crippen LogP contribution in [0.2, 0.25) is 0 Å². The lowest BCUT2D eigenvalue weighted by atomic mass is 9.78. The van der Waals surface area contributed by atoms with Gasteiger partial charge in [0.05, 0.1) is 18.5 Å². The quantitative estimate of drug-likeness (QED) is 0.702. The Morgan fingerprint density at radius 2 is 2.03 bits per heavy atom. The fourth-order valence-electron chi connectivity index (χ4n) is 4.43. The van der Waals surface area contributed by atoms with Crippen molar-refractivity contribution in [3.05, 3.63) is 29.7 Å². The van der Waals surface area contributed by atoms with Gasteiger partial charge in [-0.2, -0.15) is 4.98 Å². The van der Waals surface area contributed by atoms with Gasteiger partial charge in [0.25, 0.3) is 0 Å². The molecule has 8 nitrogen and oxygen atoms in total. The number of aryl methyl sites for hydroxylation is 2. The summed E-state index contributed by atoms with van der Waals surface area (Å²) >= 11 is 0. The summed E-state index contributed by atoms with van der Waals surface area (Å²) in [4.78, 5) is 28.0. The van der Waals surface area contributed by atoms with Gasteiger partial charge in [0.15, 0.2) is 5.82 Å². The number of amides is 1. The summed E-state index contributed by atoms with van der Waals surface area (Å²) in [5.41, 5.74) is 2.49. The lowest BCUT2D eigenvalue weighted by Crippen LogP contribution is -2.49. The second kappa shape index (κ2) is 8.69. The monoisotopic (exact) mass is 424 g/mol. The number of hydrogen-bond acceptors (Lipinski definition) is 7. The van der Waals surface area contributed by atoms with Gasteiger partial charge in [0.1, 0.15) is 17.5 Å². The molecule has 1 unspecified atom stereocenters. The van der Waals surface area contributed by atoms with E-state index in [2.05, 4.69) is 20.6 Å². The van der Waals surface area contributed by atoms with Crippen LogP contribution in [0.3, 0.4) is 0 Å². The van der Waals surface area contributed by atoms with E-state index in [1.165, 1.54) is 0 Å². The number of fused-ring (bicyclic) bond motifs is 1. The first-order chi connectivity index (χ1) is 14.8. The second-order valence-corrected chi connectivity index (χ2v) is 9.07. The van der Waals surface area contributed by atoms with Crippen LogP contribution in [0.1, 0.15) is 44.5 Å². The third kappa shape index (κ3) is 4.57. The van der Waals surface area contributed by atoms with Crippen LogP contribution in [0.5, 0.6) is 5.75 Å². The van der Waals surface area contributed by atoms with E-state index in [1.807, 2.05) is 51.8 Å². The van der Waals surface area contributed by atoms with Gasteiger partial charge in [-0.15, -0.1) is 0 Å². The summed E-state index contributed by atoms with van der Waals surface area (Å²) in [5.74, 6) is 3.07. The summed E-state index contributed by atoms with van der Waals surface area (Å²) < 4.78 is 5.80. The molecule has 0 radical (unpaired) electrons. The number of likely N-dealkylation sites (N-methyl/N-ethyl adjacent to an activating group) is 1. The molecule has 2 N–H and O–H groups in total. The summed E-state index contributed by atoms with van der Waals surface area (Å²) in [7, 11) is 1.93. The van der Waals surface area contributed by atoms with E-state index < -0.39 is 0 Å². The molecule has 1 aliphatic carbocycles. The third-order valence-corrected chi connectivity index (χ3v) is 6.22. The average Bonchev–Trinajstić information content (AvgIpc) is 2.68. The highest BCUT2D eigenvalue weighted by Crippen LogP contribution is 2.36. The zero-order chi connectivity index (χ0) is 22.1. The first kappa shape index (κ1) is 21.3. The van der Waals surface area contributed by atoms with Gasteiger partial charge >= 0.3 is 0 Å². The summed E-state index contributed by atoms with van der Waals surface area (Å²) in [6.07, 6.45) is 4.97. The van der Waals surface area contributed by atoms with Crippen molar-refractivity contribution in [2.75, 3.05) is 29.2 Å². The molecule has 1 aliphatic heterocycles. The molecule has 0 saturated heterocycles. The third-order valence-electron chi connectivity index (χ3n) is 6.22. The predicted molar refractivity (Wildman–Crippen MR) is 122 cm³/mol. The standard InChI is InChI=1S/C23H32N6O2/c1-13(2)20-22(30)27-19-15(4)25-23(28-21(19)29(20)5)26-17-10-16(11-17)8-9-31-18-7-6-14(3)24-12-18/h6-7,12-13,16-17,20H,8-11H2,1-5H3,(H,27,30)(H,25,26,28)/t16-,17+,20?. The van der Waals surface area contributed by atoms with Gasteiger partial charge in [-0.25, -0.2) is 4.98 Å². The molecular formula is C23H32N6O2. The van der Waals surface area contributed by atoms with Crippen molar-refractivity contribution in [1.82, 2.24) is 15.0 Å². The molecule has 0 spiro atoms. The lowest BCUT2D eigenvalue weighted by Gasteiger charge is -2.38. The number of nitrogens with zero attached hydrogens (tertiary/aromatic N) is 4. The number of nitrogens with one attached hydrogen (secondary N) is 2. The molecule has 4 rings (SSSR count). The Bertz CT molecular complexity index is 940. The van der Waals surface area contributed by atoms with E-state index in [0.29, 0.717) is 30.2 Å². The molecule has 31 heavy (non-hydrogen) atoms. The highest BCUT2D eigenvalue weighted by molar-refractivity contribution is 6.03. The first-order valence-electron chi connectivity index (χ1n) is 11.1. The van der Waals surface area contributed by atoms with Gasteiger partial charge in [-0.1, -0.05) is 13.8 Å². The van der Waals surface area contributed by atoms with E-state index in [-0.39, 0.29) is 17.9 Å². The molecule has 166 valence electrons. The normalized spacial score (nSPS) is 22.6. The molecule has 1 atom stereocenters. The van der Waals surface area contributed by atoms with Crippen LogP contribution in [-0.2, 0) is 4.79 Å². The molecular weight excluding hydrogens is 392 g/mol. The number of ether oxygens (including phenoxy) is 1. The molecule has 2 aromatic rings. The summed E-state index contributed by atoms with van der Waals surface area (Å²) in [6.45, 7) is 8.68. The van der Waals surface area contributed by atoms with Crippen molar-refractivity contribution < 1.29 is 9.53 Å². The Morgan fingerprint density at radius 3 is 2.71 bits per heavy atom. The van der Waals surface area contributed by atoms with E-state index in [1.54, 1.807) is 6.20 Å². The van der Waals surface area contributed by atoms with E-state index in [0.717, 1.165) is 42.2 Å². The van der Waals surface area contributed by atoms with Crippen molar-refractivity contribution in [3.63, 3.8) is 0 Å². The van der Waals surface area contributed by atoms with Crippen molar-refractivity contribution in [2.45, 2.75) is 59.0 Å². The Balaban J connectivity index is 1.30. The van der Waals surface area contributed by atoms with E-state index in [4.69, 9.17) is 9.72 Å². The van der Waals surface area contributed by atoms with Gasteiger partial charge in [-0.3, -0.25) is 9.78 Å². The van der Waals surface area contributed by atoms with Crippen LogP contribution in [0.4, 0.5) is 17.5 Å². The number of carbonyl (C=O) groups excluding carboxylic acids is 1. The topological polar surface area (TPSA) is 92.3 Å². The Labute approximate surface area is 183 Å². The van der Waals surface area contributed by atoms with Crippen LogP contribution in [0, 0.1) is 25.7 Å². The molecule has 0 aromatic carbocycles. The number of hydrogen-bond donors (Lipinski definition) is 2. The summed E-state index contributed by atoms with van der Waals surface area (Å²) in [5, 5.41) is 6.47. The predicted octanol–water partition coefficient (Wildman–Crippen LogP) is 3.56. The smallest absolute Gasteiger partial charge is 0.247 e. The molecule has 1 amide bonds. The Kier molecular flexibility index (Phi) is 5.98. The summed E-state index contributed by atoms with van der Waals surface area (Å²) in [6, 6.07) is 4.07. The SMILES string of the molecule is Cc1ccc(OCC[C@H]2C[C@@H](Nc3nc(C)c4c(n3)N(C)C(C(C)C)C(=O)N4)C2)cn1. The van der Waals surface area contributed by atoms with Crippen molar-refractivity contribution in [3.8, 4) is 5.75 Å². The average molecular weight is 425 g/mol. The van der Waals surface area contributed by atoms with Gasteiger partial charge in [0.2, 0.25) is 11.9 Å². The molecule has 8 heteroatoms. The Morgan fingerprint density at radius 1 is 1.26 bits per heavy atom. The number of pyridine rings is 1. The van der Waals surface area contributed by atoms with Crippen molar-refractivity contribution in [1.29, 1.82) is 0 Å². The molecule has 2 aromatic heterocycles.